The highest BCUT2D eigenvalue weighted by atomic mass is 16.5. The van der Waals surface area contributed by atoms with Gasteiger partial charge in [-0.3, -0.25) is 0 Å². The first-order valence-corrected chi connectivity index (χ1v) is 9.14. The first-order valence-electron chi connectivity index (χ1n) is 9.14. The molecule has 0 radical (unpaired) electrons. The van der Waals surface area contributed by atoms with Crippen LogP contribution in [0.4, 0.5) is 0 Å². The summed E-state index contributed by atoms with van der Waals surface area (Å²) in [5.74, 6) is 0.965. The van der Waals surface area contributed by atoms with Crippen LogP contribution in [0.3, 0.4) is 0 Å². The highest BCUT2D eigenvalue weighted by molar-refractivity contribution is 5.27. The lowest BCUT2D eigenvalue weighted by atomic mass is 10.1. The summed E-state index contributed by atoms with van der Waals surface area (Å²) in [6.07, 6.45) is 1.12. The summed E-state index contributed by atoms with van der Waals surface area (Å²) in [6, 6.07) is 17.7. The molecule has 1 saturated heterocycles. The van der Waals surface area contributed by atoms with Crippen molar-refractivity contribution >= 4 is 0 Å². The number of benzene rings is 2. The van der Waals surface area contributed by atoms with E-state index in [9.17, 15) is 0 Å². The van der Waals surface area contributed by atoms with Gasteiger partial charge < -0.3 is 14.5 Å². The first-order chi connectivity index (χ1) is 11.8. The molecule has 3 heteroatoms. The van der Waals surface area contributed by atoms with Crippen molar-refractivity contribution in [2.75, 3.05) is 33.3 Å². The Labute approximate surface area is 145 Å². The van der Waals surface area contributed by atoms with E-state index in [4.69, 9.17) is 4.74 Å². The lowest BCUT2D eigenvalue weighted by Gasteiger charge is -2.30. The summed E-state index contributed by atoms with van der Waals surface area (Å²) >= 11 is 0. The van der Waals surface area contributed by atoms with Crippen LogP contribution < -0.4 is 14.5 Å². The molecular formula is C21H30N2O+2. The van der Waals surface area contributed by atoms with E-state index in [0.29, 0.717) is 0 Å². The minimum Gasteiger partial charge on any atom is -0.497 e. The van der Waals surface area contributed by atoms with Gasteiger partial charge in [0.2, 0.25) is 0 Å². The van der Waals surface area contributed by atoms with E-state index in [2.05, 4.69) is 49.4 Å². The molecule has 2 aromatic carbocycles. The fraction of sp³-hybridized carbons (Fsp3) is 0.429. The largest absolute Gasteiger partial charge is 0.497 e. The van der Waals surface area contributed by atoms with Gasteiger partial charge in [-0.15, -0.1) is 0 Å². The molecule has 1 aliphatic heterocycles. The Kier molecular flexibility index (Phi) is 5.89. The zero-order valence-electron chi connectivity index (χ0n) is 15.0. The number of piperazine rings is 1. The van der Waals surface area contributed by atoms with Crippen molar-refractivity contribution in [3.05, 3.63) is 65.2 Å². The molecule has 0 atom stereocenters. The van der Waals surface area contributed by atoms with Gasteiger partial charge in [-0.2, -0.15) is 0 Å². The average Bonchev–Trinajstić information content (AvgIpc) is 2.64. The minimum absolute atomic E-state index is 0.965. The van der Waals surface area contributed by atoms with E-state index in [1.807, 2.05) is 6.07 Å². The van der Waals surface area contributed by atoms with Gasteiger partial charge >= 0.3 is 0 Å². The average molecular weight is 326 g/mol. The maximum absolute atomic E-state index is 5.33. The number of rotatable bonds is 6. The Balaban J connectivity index is 1.48. The van der Waals surface area contributed by atoms with Crippen LogP contribution in [0, 0.1) is 0 Å². The highest BCUT2D eigenvalue weighted by Crippen LogP contribution is 2.11. The van der Waals surface area contributed by atoms with Gasteiger partial charge in [-0.25, -0.2) is 0 Å². The summed E-state index contributed by atoms with van der Waals surface area (Å²) in [7, 11) is 1.74. The number of hydrogen-bond acceptors (Lipinski definition) is 1. The number of aryl methyl sites for hydroxylation is 1. The van der Waals surface area contributed by atoms with Crippen molar-refractivity contribution in [1.29, 1.82) is 0 Å². The number of hydrogen-bond donors (Lipinski definition) is 2. The normalized spacial score (nSPS) is 20.8. The lowest BCUT2D eigenvalue weighted by Crippen LogP contribution is -3.27. The van der Waals surface area contributed by atoms with Gasteiger partial charge in [-0.1, -0.05) is 43.3 Å². The first kappa shape index (κ1) is 17.0. The third-order valence-electron chi connectivity index (χ3n) is 5.14. The highest BCUT2D eigenvalue weighted by Gasteiger charge is 2.23. The maximum atomic E-state index is 5.33. The third-order valence-corrected chi connectivity index (χ3v) is 5.14. The molecule has 1 fully saturated rings. The Bertz CT molecular complexity index is 631. The summed E-state index contributed by atoms with van der Waals surface area (Å²) in [6.45, 7) is 9.50. The van der Waals surface area contributed by atoms with Crippen LogP contribution in [0.1, 0.15) is 23.6 Å². The van der Waals surface area contributed by atoms with Crippen molar-refractivity contribution in [2.24, 2.45) is 0 Å². The minimum atomic E-state index is 0.965. The van der Waals surface area contributed by atoms with Crippen molar-refractivity contribution in [2.45, 2.75) is 26.4 Å². The Morgan fingerprint density at radius 3 is 1.96 bits per heavy atom. The molecule has 3 rings (SSSR count). The molecule has 1 heterocycles. The molecule has 0 amide bonds. The summed E-state index contributed by atoms with van der Waals surface area (Å²) in [5, 5.41) is 0. The second kappa shape index (κ2) is 8.32. The molecule has 0 saturated carbocycles. The number of methoxy groups -OCH3 is 1. The summed E-state index contributed by atoms with van der Waals surface area (Å²) in [5.41, 5.74) is 4.28. The Hall–Kier alpha value is -1.84. The van der Waals surface area contributed by atoms with Crippen LogP contribution in [0.5, 0.6) is 5.75 Å². The predicted molar refractivity (Wildman–Crippen MR) is 97.6 cm³/mol. The number of ether oxygens (including phenoxy) is 1. The summed E-state index contributed by atoms with van der Waals surface area (Å²) < 4.78 is 5.33. The van der Waals surface area contributed by atoms with E-state index in [0.717, 1.165) is 25.3 Å². The fourth-order valence-electron chi connectivity index (χ4n) is 3.56. The van der Waals surface area contributed by atoms with Crippen molar-refractivity contribution in [3.63, 3.8) is 0 Å². The van der Waals surface area contributed by atoms with E-state index >= 15 is 0 Å². The van der Waals surface area contributed by atoms with Crippen LogP contribution in [-0.4, -0.2) is 33.3 Å². The molecule has 0 aromatic heterocycles. The van der Waals surface area contributed by atoms with Gasteiger partial charge in [0.25, 0.3) is 0 Å². The molecule has 0 bridgehead atoms. The molecule has 0 aliphatic carbocycles. The zero-order chi connectivity index (χ0) is 16.8. The monoisotopic (exact) mass is 326 g/mol. The van der Waals surface area contributed by atoms with Crippen molar-refractivity contribution in [1.82, 2.24) is 0 Å². The van der Waals surface area contributed by atoms with Gasteiger partial charge in [0.15, 0.2) is 0 Å². The van der Waals surface area contributed by atoms with Gasteiger partial charge in [0.05, 0.1) is 7.11 Å². The number of nitrogens with one attached hydrogen (secondary N) is 2. The van der Waals surface area contributed by atoms with Crippen LogP contribution >= 0.6 is 0 Å². The molecule has 0 spiro atoms. The molecule has 2 aromatic rings. The van der Waals surface area contributed by atoms with E-state index < -0.39 is 0 Å². The van der Waals surface area contributed by atoms with Crippen LogP contribution in [-0.2, 0) is 19.5 Å². The SMILES string of the molecule is CCc1ccc(C[NH+]2CC[NH+](Cc3cccc(OC)c3)CC2)cc1. The maximum Gasteiger partial charge on any atom is 0.127 e. The molecule has 24 heavy (non-hydrogen) atoms. The van der Waals surface area contributed by atoms with Crippen molar-refractivity contribution < 1.29 is 14.5 Å². The van der Waals surface area contributed by atoms with Crippen LogP contribution in [0.25, 0.3) is 0 Å². The molecule has 3 nitrogen and oxygen atoms in total. The molecule has 1 aliphatic rings. The molecule has 0 unspecified atom stereocenters. The van der Waals surface area contributed by atoms with Crippen LogP contribution in [0.15, 0.2) is 48.5 Å². The predicted octanol–water partition coefficient (Wildman–Crippen LogP) is 0.741. The van der Waals surface area contributed by atoms with Crippen LogP contribution in [0.2, 0.25) is 0 Å². The Morgan fingerprint density at radius 2 is 1.38 bits per heavy atom. The topological polar surface area (TPSA) is 18.1 Å². The quantitative estimate of drug-likeness (QED) is 0.801. The van der Waals surface area contributed by atoms with Gasteiger partial charge in [0, 0.05) is 11.1 Å². The van der Waals surface area contributed by atoms with Gasteiger partial charge in [-0.05, 0) is 24.1 Å². The zero-order valence-corrected chi connectivity index (χ0v) is 15.0. The van der Waals surface area contributed by atoms with Gasteiger partial charge in [0.1, 0.15) is 45.0 Å². The lowest BCUT2D eigenvalue weighted by molar-refractivity contribution is -1.02. The van der Waals surface area contributed by atoms with E-state index in [-0.39, 0.29) is 0 Å². The third kappa shape index (κ3) is 4.59. The molecule has 2 N–H and O–H groups in total. The van der Waals surface area contributed by atoms with Crippen molar-refractivity contribution in [3.8, 4) is 5.75 Å². The Morgan fingerprint density at radius 1 is 0.792 bits per heavy atom. The molecule has 128 valence electrons. The van der Waals surface area contributed by atoms with E-state index in [1.54, 1.807) is 16.9 Å². The second-order valence-electron chi connectivity index (χ2n) is 6.88. The van der Waals surface area contributed by atoms with E-state index in [1.165, 1.54) is 42.9 Å². The summed E-state index contributed by atoms with van der Waals surface area (Å²) in [4.78, 5) is 3.40. The standard InChI is InChI=1S/C21H28N2O/c1-3-18-7-9-19(10-8-18)16-22-11-13-23(14-12-22)17-20-5-4-6-21(15-20)24-2/h4-10,15H,3,11-14,16-17H2,1-2H3/p+2. The second-order valence-corrected chi connectivity index (χ2v) is 6.88. The molecular weight excluding hydrogens is 296 g/mol. The smallest absolute Gasteiger partial charge is 0.127 e. The number of quaternary nitrogens is 2. The fourth-order valence-corrected chi connectivity index (χ4v) is 3.56.